The largest absolute Gasteiger partial charge is 0.497 e. The maximum Gasteiger partial charge on any atom is 0.126 e. The highest BCUT2D eigenvalue weighted by Crippen LogP contribution is 2.26. The Balaban J connectivity index is 2.28. The van der Waals surface area contributed by atoms with Gasteiger partial charge in [0.15, 0.2) is 0 Å². The number of rotatable bonds is 4. The minimum atomic E-state index is 0.816. The van der Waals surface area contributed by atoms with Crippen molar-refractivity contribution in [3.63, 3.8) is 0 Å². The van der Waals surface area contributed by atoms with Crippen LogP contribution in [-0.2, 0) is 0 Å². The molecule has 0 bridgehead atoms. The van der Waals surface area contributed by atoms with Gasteiger partial charge in [-0.05, 0) is 35.9 Å². The van der Waals surface area contributed by atoms with Gasteiger partial charge in [-0.3, -0.25) is 0 Å². The maximum atomic E-state index is 5.34. The van der Waals surface area contributed by atoms with Crippen LogP contribution in [0.5, 0.6) is 11.5 Å². The molecule has 0 radical (unpaired) electrons. The fourth-order valence-corrected chi connectivity index (χ4v) is 1.99. The predicted octanol–water partition coefficient (Wildman–Crippen LogP) is 4.64. The Labute approximate surface area is 121 Å². The summed E-state index contributed by atoms with van der Waals surface area (Å²) >= 11 is 3.42. The molecule has 0 spiro atoms. The average Bonchev–Trinajstić information content (AvgIpc) is 2.46. The van der Waals surface area contributed by atoms with Crippen molar-refractivity contribution in [2.45, 2.75) is 0 Å². The van der Waals surface area contributed by atoms with Crippen LogP contribution in [0.1, 0.15) is 11.1 Å². The minimum Gasteiger partial charge on any atom is -0.497 e. The zero-order chi connectivity index (χ0) is 13.7. The van der Waals surface area contributed by atoms with Crippen molar-refractivity contribution in [3.05, 3.63) is 58.1 Å². The molecular weight excluding hydrogens is 304 g/mol. The molecule has 2 nitrogen and oxygen atoms in total. The normalized spacial score (nSPS) is 10.7. The lowest BCUT2D eigenvalue weighted by Crippen LogP contribution is -1.89. The molecule has 0 aliphatic heterocycles. The van der Waals surface area contributed by atoms with Crippen molar-refractivity contribution in [1.82, 2.24) is 0 Å². The summed E-state index contributed by atoms with van der Waals surface area (Å²) in [4.78, 5) is 0. The first-order valence-corrected chi connectivity index (χ1v) is 6.68. The smallest absolute Gasteiger partial charge is 0.126 e. The molecule has 0 heterocycles. The second kappa shape index (κ2) is 6.43. The third-order valence-corrected chi connectivity index (χ3v) is 3.29. The number of hydrogen-bond donors (Lipinski definition) is 0. The molecule has 0 amide bonds. The standard InChI is InChI=1S/C16H15BrO2/c1-18-15-9-10-16(19-2)13(11-15)6-3-12-4-7-14(17)8-5-12/h3-11H,1-2H3/b6-3+. The summed E-state index contributed by atoms with van der Waals surface area (Å²) in [6.07, 6.45) is 4.06. The number of halogens is 1. The Kier molecular flexibility index (Phi) is 4.63. The highest BCUT2D eigenvalue weighted by atomic mass is 79.9. The summed E-state index contributed by atoms with van der Waals surface area (Å²) in [5.41, 5.74) is 2.12. The third-order valence-electron chi connectivity index (χ3n) is 2.76. The molecule has 0 unspecified atom stereocenters. The van der Waals surface area contributed by atoms with Gasteiger partial charge in [0.1, 0.15) is 11.5 Å². The van der Waals surface area contributed by atoms with Gasteiger partial charge in [0.05, 0.1) is 14.2 Å². The molecule has 0 atom stereocenters. The van der Waals surface area contributed by atoms with Crippen LogP contribution < -0.4 is 9.47 Å². The van der Waals surface area contributed by atoms with Gasteiger partial charge in [0.25, 0.3) is 0 Å². The van der Waals surface area contributed by atoms with E-state index in [4.69, 9.17) is 9.47 Å². The van der Waals surface area contributed by atoms with E-state index >= 15 is 0 Å². The molecule has 2 rings (SSSR count). The van der Waals surface area contributed by atoms with E-state index in [2.05, 4.69) is 15.9 Å². The van der Waals surface area contributed by atoms with Crippen molar-refractivity contribution < 1.29 is 9.47 Å². The molecule has 2 aromatic carbocycles. The Morgan fingerprint density at radius 2 is 1.63 bits per heavy atom. The molecule has 0 fully saturated rings. The second-order valence-corrected chi connectivity index (χ2v) is 4.91. The van der Waals surface area contributed by atoms with Gasteiger partial charge in [-0.1, -0.05) is 40.2 Å². The van der Waals surface area contributed by atoms with E-state index in [1.807, 2.05) is 54.6 Å². The van der Waals surface area contributed by atoms with Crippen molar-refractivity contribution in [1.29, 1.82) is 0 Å². The maximum absolute atomic E-state index is 5.34. The highest BCUT2D eigenvalue weighted by molar-refractivity contribution is 9.10. The van der Waals surface area contributed by atoms with Gasteiger partial charge in [-0.2, -0.15) is 0 Å². The van der Waals surface area contributed by atoms with Crippen LogP contribution in [0.15, 0.2) is 46.9 Å². The molecule has 3 heteroatoms. The zero-order valence-electron chi connectivity index (χ0n) is 10.9. The Morgan fingerprint density at radius 3 is 2.26 bits per heavy atom. The molecule has 0 aliphatic carbocycles. The number of hydrogen-bond acceptors (Lipinski definition) is 2. The summed E-state index contributed by atoms with van der Waals surface area (Å²) in [5, 5.41) is 0. The van der Waals surface area contributed by atoms with E-state index in [9.17, 15) is 0 Å². The van der Waals surface area contributed by atoms with Gasteiger partial charge in [0, 0.05) is 10.0 Å². The van der Waals surface area contributed by atoms with Gasteiger partial charge in [-0.15, -0.1) is 0 Å². The number of methoxy groups -OCH3 is 2. The monoisotopic (exact) mass is 318 g/mol. The SMILES string of the molecule is COc1ccc(OC)c(/C=C/c2ccc(Br)cc2)c1. The summed E-state index contributed by atoms with van der Waals surface area (Å²) in [5.74, 6) is 1.64. The van der Waals surface area contributed by atoms with E-state index in [0.29, 0.717) is 0 Å². The fraction of sp³-hybridized carbons (Fsp3) is 0.125. The van der Waals surface area contributed by atoms with Crippen molar-refractivity contribution in [3.8, 4) is 11.5 Å². The van der Waals surface area contributed by atoms with Crippen molar-refractivity contribution in [2.75, 3.05) is 14.2 Å². The number of benzene rings is 2. The van der Waals surface area contributed by atoms with Crippen LogP contribution >= 0.6 is 15.9 Å². The Hall–Kier alpha value is -1.74. The van der Waals surface area contributed by atoms with Crippen LogP contribution in [0.25, 0.3) is 12.2 Å². The lowest BCUT2D eigenvalue weighted by atomic mass is 10.1. The van der Waals surface area contributed by atoms with Crippen LogP contribution in [0.3, 0.4) is 0 Å². The highest BCUT2D eigenvalue weighted by Gasteiger charge is 2.01. The Morgan fingerprint density at radius 1 is 0.895 bits per heavy atom. The van der Waals surface area contributed by atoms with Crippen LogP contribution in [0.4, 0.5) is 0 Å². The molecule has 0 aliphatic rings. The predicted molar refractivity (Wildman–Crippen MR) is 82.6 cm³/mol. The van der Waals surface area contributed by atoms with Crippen LogP contribution in [0.2, 0.25) is 0 Å². The summed E-state index contributed by atoms with van der Waals surface area (Å²) in [7, 11) is 3.32. The fourth-order valence-electron chi connectivity index (χ4n) is 1.73. The van der Waals surface area contributed by atoms with Crippen molar-refractivity contribution in [2.24, 2.45) is 0 Å². The Bertz CT molecular complexity index is 574. The van der Waals surface area contributed by atoms with Crippen molar-refractivity contribution >= 4 is 28.1 Å². The lowest BCUT2D eigenvalue weighted by Gasteiger charge is -2.07. The molecule has 19 heavy (non-hydrogen) atoms. The zero-order valence-corrected chi connectivity index (χ0v) is 12.5. The van der Waals surface area contributed by atoms with E-state index in [-0.39, 0.29) is 0 Å². The lowest BCUT2D eigenvalue weighted by molar-refractivity contribution is 0.402. The van der Waals surface area contributed by atoms with Gasteiger partial charge >= 0.3 is 0 Å². The third kappa shape index (κ3) is 3.61. The van der Waals surface area contributed by atoms with E-state index in [1.165, 1.54) is 0 Å². The molecule has 0 saturated carbocycles. The molecule has 0 N–H and O–H groups in total. The molecule has 2 aromatic rings. The van der Waals surface area contributed by atoms with Gasteiger partial charge in [0.2, 0.25) is 0 Å². The van der Waals surface area contributed by atoms with E-state index in [1.54, 1.807) is 14.2 Å². The summed E-state index contributed by atoms with van der Waals surface area (Å²) < 4.78 is 11.6. The molecule has 0 aromatic heterocycles. The number of ether oxygens (including phenoxy) is 2. The van der Waals surface area contributed by atoms with E-state index in [0.717, 1.165) is 27.1 Å². The molecule has 98 valence electrons. The first-order chi connectivity index (χ1) is 9.22. The topological polar surface area (TPSA) is 18.5 Å². The molecule has 0 saturated heterocycles. The van der Waals surface area contributed by atoms with Gasteiger partial charge in [-0.25, -0.2) is 0 Å². The van der Waals surface area contributed by atoms with Gasteiger partial charge < -0.3 is 9.47 Å². The first kappa shape index (κ1) is 13.7. The summed E-state index contributed by atoms with van der Waals surface area (Å²) in [6.45, 7) is 0. The quantitative estimate of drug-likeness (QED) is 0.765. The second-order valence-electron chi connectivity index (χ2n) is 3.99. The average molecular weight is 319 g/mol. The van der Waals surface area contributed by atoms with Crippen LogP contribution in [0, 0.1) is 0 Å². The molecular formula is C16H15BrO2. The van der Waals surface area contributed by atoms with Crippen LogP contribution in [-0.4, -0.2) is 14.2 Å². The van der Waals surface area contributed by atoms with E-state index < -0.39 is 0 Å². The summed E-state index contributed by atoms with van der Waals surface area (Å²) in [6, 6.07) is 13.9. The minimum absolute atomic E-state index is 0.816. The first-order valence-electron chi connectivity index (χ1n) is 5.88.